The average molecular weight is 307 g/mol. The Balaban J connectivity index is 1.88. The van der Waals surface area contributed by atoms with Crippen LogP contribution in [0, 0.1) is 0 Å². The summed E-state index contributed by atoms with van der Waals surface area (Å²) in [5, 5.41) is 8.00. The van der Waals surface area contributed by atoms with Crippen LogP contribution in [0.25, 0.3) is 0 Å². The quantitative estimate of drug-likeness (QED) is 0.795. The molecule has 0 unspecified atom stereocenters. The number of aromatic nitrogens is 3. The van der Waals surface area contributed by atoms with Gasteiger partial charge in [-0.3, -0.25) is 4.79 Å². The number of aldehydes is 1. The van der Waals surface area contributed by atoms with Gasteiger partial charge in [0.05, 0.1) is 6.54 Å². The molecule has 1 aromatic heterocycles. The highest BCUT2D eigenvalue weighted by molar-refractivity contribution is 9.10. The van der Waals surface area contributed by atoms with Crippen molar-refractivity contribution < 1.29 is 4.79 Å². The van der Waals surface area contributed by atoms with Crippen molar-refractivity contribution in [3.63, 3.8) is 0 Å². The van der Waals surface area contributed by atoms with E-state index in [4.69, 9.17) is 0 Å². The lowest BCUT2D eigenvalue weighted by Crippen LogP contribution is -2.33. The average Bonchev–Trinajstić information content (AvgIpc) is 2.85. The summed E-state index contributed by atoms with van der Waals surface area (Å²) in [6.45, 7) is 2.54. The number of rotatable bonds is 2. The fourth-order valence-electron chi connectivity index (χ4n) is 2.10. The Hall–Kier alpha value is -1.69. The van der Waals surface area contributed by atoms with Gasteiger partial charge in [-0.1, -0.05) is 0 Å². The second kappa shape index (κ2) is 4.53. The predicted molar refractivity (Wildman–Crippen MR) is 70.6 cm³/mol. The van der Waals surface area contributed by atoms with Gasteiger partial charge in [0.1, 0.15) is 6.33 Å². The zero-order chi connectivity index (χ0) is 12.5. The summed E-state index contributed by atoms with van der Waals surface area (Å²) >= 11 is 3.41. The van der Waals surface area contributed by atoms with Crippen LogP contribution in [-0.2, 0) is 13.1 Å². The Labute approximate surface area is 113 Å². The number of carbonyl (C=O) groups excluding carboxylic acids is 1. The summed E-state index contributed by atoms with van der Waals surface area (Å²) in [5.41, 5.74) is 1.75. The van der Waals surface area contributed by atoms with Crippen molar-refractivity contribution in [3.8, 4) is 0 Å². The third-order valence-corrected chi connectivity index (χ3v) is 3.80. The second-order valence-corrected chi connectivity index (χ2v) is 5.04. The maximum atomic E-state index is 10.8. The van der Waals surface area contributed by atoms with Gasteiger partial charge in [0.2, 0.25) is 0 Å². The summed E-state index contributed by atoms with van der Waals surface area (Å²) < 4.78 is 2.88. The Morgan fingerprint density at radius 3 is 3.00 bits per heavy atom. The Bertz CT molecular complexity index is 596. The van der Waals surface area contributed by atoms with Crippen molar-refractivity contribution >= 4 is 27.9 Å². The molecule has 1 aliphatic rings. The molecule has 0 aliphatic carbocycles. The highest BCUT2D eigenvalue weighted by atomic mass is 79.9. The normalized spacial score (nSPS) is 14.4. The lowest BCUT2D eigenvalue weighted by atomic mass is 10.2. The molecule has 0 fully saturated rings. The molecule has 0 radical (unpaired) electrons. The van der Waals surface area contributed by atoms with E-state index >= 15 is 0 Å². The van der Waals surface area contributed by atoms with Crippen molar-refractivity contribution in [2.45, 2.75) is 13.1 Å². The lowest BCUT2D eigenvalue weighted by Gasteiger charge is -2.29. The summed E-state index contributed by atoms with van der Waals surface area (Å²) in [6, 6.07) is 5.75. The summed E-state index contributed by atoms with van der Waals surface area (Å²) in [4.78, 5) is 13.0. The molecule has 0 saturated carbocycles. The van der Waals surface area contributed by atoms with Crippen LogP contribution in [0.15, 0.2) is 29.0 Å². The number of fused-ring (bicyclic) bond motifs is 1. The molecule has 1 aliphatic heterocycles. The van der Waals surface area contributed by atoms with Crippen LogP contribution in [-0.4, -0.2) is 27.6 Å². The topological polar surface area (TPSA) is 51.0 Å². The van der Waals surface area contributed by atoms with Crippen LogP contribution in [0.5, 0.6) is 0 Å². The molecule has 3 rings (SSSR count). The van der Waals surface area contributed by atoms with Gasteiger partial charge in [0.25, 0.3) is 0 Å². The summed E-state index contributed by atoms with van der Waals surface area (Å²) in [5.74, 6) is 0.969. The molecule has 0 spiro atoms. The van der Waals surface area contributed by atoms with E-state index in [1.165, 1.54) is 0 Å². The van der Waals surface area contributed by atoms with Gasteiger partial charge in [-0.25, -0.2) is 0 Å². The van der Waals surface area contributed by atoms with E-state index in [0.29, 0.717) is 5.56 Å². The van der Waals surface area contributed by atoms with Crippen molar-refractivity contribution in [2.24, 2.45) is 0 Å². The fraction of sp³-hybridized carbons (Fsp3) is 0.250. The smallest absolute Gasteiger partial charge is 0.152 e. The number of nitrogens with zero attached hydrogens (tertiary/aromatic N) is 4. The highest BCUT2D eigenvalue weighted by Gasteiger charge is 2.18. The van der Waals surface area contributed by atoms with Crippen LogP contribution < -0.4 is 4.90 Å². The first-order valence-electron chi connectivity index (χ1n) is 5.64. The van der Waals surface area contributed by atoms with Crippen LogP contribution in [0.3, 0.4) is 0 Å². The SMILES string of the molecule is O=Cc1ccc(N2CCn3cnnc3C2)cc1Br. The van der Waals surface area contributed by atoms with Crippen LogP contribution >= 0.6 is 15.9 Å². The van der Waals surface area contributed by atoms with Crippen LogP contribution in [0.1, 0.15) is 16.2 Å². The van der Waals surface area contributed by atoms with Crippen molar-refractivity contribution in [3.05, 3.63) is 40.4 Å². The van der Waals surface area contributed by atoms with E-state index in [1.807, 2.05) is 18.2 Å². The van der Waals surface area contributed by atoms with E-state index in [0.717, 1.165) is 41.9 Å². The van der Waals surface area contributed by atoms with E-state index in [9.17, 15) is 4.79 Å². The predicted octanol–water partition coefficient (Wildman–Crippen LogP) is 1.87. The fourth-order valence-corrected chi connectivity index (χ4v) is 2.56. The monoisotopic (exact) mass is 306 g/mol. The third kappa shape index (κ3) is 1.92. The first-order chi connectivity index (χ1) is 8.78. The molecule has 0 amide bonds. The van der Waals surface area contributed by atoms with Gasteiger partial charge >= 0.3 is 0 Å². The van der Waals surface area contributed by atoms with Crippen LogP contribution in [0.4, 0.5) is 5.69 Å². The molecule has 18 heavy (non-hydrogen) atoms. The van der Waals surface area contributed by atoms with Crippen molar-refractivity contribution in [1.82, 2.24) is 14.8 Å². The molecule has 6 heteroatoms. The van der Waals surface area contributed by atoms with Gasteiger partial charge in [-0.15, -0.1) is 10.2 Å². The minimum absolute atomic E-state index is 0.666. The molecule has 1 aromatic carbocycles. The maximum absolute atomic E-state index is 10.8. The first kappa shape index (κ1) is 11.4. The minimum atomic E-state index is 0.666. The van der Waals surface area contributed by atoms with Gasteiger partial charge in [0.15, 0.2) is 12.1 Å². The van der Waals surface area contributed by atoms with Crippen LogP contribution in [0.2, 0.25) is 0 Å². The minimum Gasteiger partial charge on any atom is -0.362 e. The third-order valence-electron chi connectivity index (χ3n) is 3.11. The Morgan fingerprint density at radius 1 is 1.33 bits per heavy atom. The lowest BCUT2D eigenvalue weighted by molar-refractivity contribution is 0.112. The zero-order valence-corrected chi connectivity index (χ0v) is 11.2. The van der Waals surface area contributed by atoms with Gasteiger partial charge in [-0.05, 0) is 34.1 Å². The molecule has 0 N–H and O–H groups in total. The van der Waals surface area contributed by atoms with Crippen molar-refractivity contribution in [2.75, 3.05) is 11.4 Å². The van der Waals surface area contributed by atoms with E-state index in [2.05, 4.69) is 35.6 Å². The maximum Gasteiger partial charge on any atom is 0.152 e. The van der Waals surface area contributed by atoms with E-state index in [-0.39, 0.29) is 0 Å². The first-order valence-corrected chi connectivity index (χ1v) is 6.43. The Kier molecular flexibility index (Phi) is 2.87. The summed E-state index contributed by atoms with van der Waals surface area (Å²) in [6.07, 6.45) is 2.61. The largest absolute Gasteiger partial charge is 0.362 e. The molecular formula is C12H11BrN4O. The van der Waals surface area contributed by atoms with Gasteiger partial charge < -0.3 is 9.47 Å². The number of hydrogen-bond acceptors (Lipinski definition) is 4. The standard InChI is InChI=1S/C12H11BrN4O/c13-11-5-10(2-1-9(11)7-18)16-3-4-17-8-14-15-12(17)6-16/h1-2,5,7-8H,3-4,6H2. The number of carbonyl (C=O) groups is 1. The zero-order valence-electron chi connectivity index (χ0n) is 9.58. The number of benzene rings is 1. The van der Waals surface area contributed by atoms with Gasteiger partial charge in [-0.2, -0.15) is 0 Å². The van der Waals surface area contributed by atoms with E-state index < -0.39 is 0 Å². The van der Waals surface area contributed by atoms with Crippen molar-refractivity contribution in [1.29, 1.82) is 0 Å². The van der Waals surface area contributed by atoms with Gasteiger partial charge in [0, 0.05) is 28.8 Å². The number of anilines is 1. The number of halogens is 1. The second-order valence-electron chi connectivity index (χ2n) is 4.19. The molecule has 0 saturated heterocycles. The van der Waals surface area contributed by atoms with E-state index in [1.54, 1.807) is 6.33 Å². The molecule has 0 bridgehead atoms. The summed E-state index contributed by atoms with van der Waals surface area (Å²) in [7, 11) is 0. The molecule has 2 aromatic rings. The molecule has 5 nitrogen and oxygen atoms in total. The molecular weight excluding hydrogens is 296 g/mol. The molecule has 92 valence electrons. The number of hydrogen-bond donors (Lipinski definition) is 0. The highest BCUT2D eigenvalue weighted by Crippen LogP contribution is 2.25. The molecule has 0 atom stereocenters. The Morgan fingerprint density at radius 2 is 2.22 bits per heavy atom. The molecule has 2 heterocycles.